The van der Waals surface area contributed by atoms with Crippen LogP contribution in [0.2, 0.25) is 4.34 Å². The molecule has 1 N–H and O–H groups in total. The van der Waals surface area contributed by atoms with Gasteiger partial charge in [0.15, 0.2) is 0 Å². The molecule has 1 atom stereocenters. The van der Waals surface area contributed by atoms with E-state index in [1.807, 2.05) is 13.0 Å². The Morgan fingerprint density at radius 2 is 2.20 bits per heavy atom. The first kappa shape index (κ1) is 16.0. The van der Waals surface area contributed by atoms with Crippen molar-refractivity contribution in [3.63, 3.8) is 0 Å². The first-order chi connectivity index (χ1) is 9.54. The van der Waals surface area contributed by atoms with Crippen LogP contribution in [-0.2, 0) is 0 Å². The van der Waals surface area contributed by atoms with Crippen LogP contribution < -0.4 is 5.32 Å². The zero-order valence-corrected chi connectivity index (χ0v) is 14.5. The summed E-state index contributed by atoms with van der Waals surface area (Å²) in [5, 5.41) is 3.47. The molecule has 0 fully saturated rings. The molecule has 0 radical (unpaired) electrons. The molecule has 5 heteroatoms. The van der Waals surface area contributed by atoms with E-state index in [2.05, 4.69) is 34.2 Å². The van der Waals surface area contributed by atoms with Gasteiger partial charge in [-0.05, 0) is 59.1 Å². The summed E-state index contributed by atoms with van der Waals surface area (Å²) < 4.78 is 15.1. The Kier molecular flexibility index (Phi) is 5.61. The van der Waals surface area contributed by atoms with Gasteiger partial charge in [-0.15, -0.1) is 11.3 Å². The average molecular weight is 377 g/mol. The van der Waals surface area contributed by atoms with Crippen molar-refractivity contribution in [1.82, 2.24) is 5.32 Å². The normalized spacial score (nSPS) is 12.7. The van der Waals surface area contributed by atoms with Crippen LogP contribution in [0.1, 0.15) is 35.4 Å². The van der Waals surface area contributed by atoms with Crippen LogP contribution in [-0.4, -0.2) is 6.54 Å². The third kappa shape index (κ3) is 3.42. The molecule has 0 aliphatic heterocycles. The maximum absolute atomic E-state index is 13.8. The summed E-state index contributed by atoms with van der Waals surface area (Å²) >= 11 is 11.1. The number of aryl methyl sites for hydroxylation is 1. The van der Waals surface area contributed by atoms with Crippen LogP contribution in [0.15, 0.2) is 28.7 Å². The molecular weight excluding hydrogens is 361 g/mol. The van der Waals surface area contributed by atoms with Gasteiger partial charge in [0.2, 0.25) is 0 Å². The minimum absolute atomic E-state index is 0.0452. The highest BCUT2D eigenvalue weighted by Crippen LogP contribution is 2.37. The summed E-state index contributed by atoms with van der Waals surface area (Å²) in [4.78, 5) is 1.10. The number of rotatable bonds is 5. The number of hydrogen-bond donors (Lipinski definition) is 1. The molecule has 1 aromatic carbocycles. The third-order valence-corrected chi connectivity index (χ3v) is 5.51. The zero-order valence-electron chi connectivity index (χ0n) is 11.3. The number of hydrogen-bond acceptors (Lipinski definition) is 2. The first-order valence-electron chi connectivity index (χ1n) is 6.47. The smallest absolute Gasteiger partial charge is 0.137 e. The third-order valence-electron chi connectivity index (χ3n) is 3.05. The molecule has 0 saturated carbocycles. The first-order valence-corrected chi connectivity index (χ1v) is 8.46. The van der Waals surface area contributed by atoms with Crippen molar-refractivity contribution in [3.05, 3.63) is 54.9 Å². The molecule has 1 heterocycles. The van der Waals surface area contributed by atoms with Crippen molar-refractivity contribution >= 4 is 38.9 Å². The topological polar surface area (TPSA) is 12.0 Å². The van der Waals surface area contributed by atoms with Crippen molar-refractivity contribution in [2.75, 3.05) is 6.54 Å². The fourth-order valence-corrected chi connectivity index (χ4v) is 3.83. The van der Waals surface area contributed by atoms with E-state index in [4.69, 9.17) is 11.6 Å². The van der Waals surface area contributed by atoms with E-state index in [9.17, 15) is 4.39 Å². The van der Waals surface area contributed by atoms with Gasteiger partial charge >= 0.3 is 0 Å². The minimum atomic E-state index is -0.245. The van der Waals surface area contributed by atoms with Crippen molar-refractivity contribution in [3.8, 4) is 0 Å². The zero-order chi connectivity index (χ0) is 14.7. The fraction of sp³-hybridized carbons (Fsp3) is 0.333. The van der Waals surface area contributed by atoms with Crippen LogP contribution in [0.5, 0.6) is 0 Å². The summed E-state index contributed by atoms with van der Waals surface area (Å²) in [5.41, 5.74) is 1.96. The van der Waals surface area contributed by atoms with Gasteiger partial charge in [0.25, 0.3) is 0 Å². The van der Waals surface area contributed by atoms with Gasteiger partial charge in [0.1, 0.15) is 5.82 Å². The van der Waals surface area contributed by atoms with E-state index in [1.54, 1.807) is 17.4 Å². The van der Waals surface area contributed by atoms with Crippen molar-refractivity contribution in [2.24, 2.45) is 0 Å². The minimum Gasteiger partial charge on any atom is -0.306 e. The lowest BCUT2D eigenvalue weighted by Gasteiger charge is -2.19. The van der Waals surface area contributed by atoms with Gasteiger partial charge in [-0.25, -0.2) is 4.39 Å². The van der Waals surface area contributed by atoms with Crippen molar-refractivity contribution in [2.45, 2.75) is 26.3 Å². The van der Waals surface area contributed by atoms with Gasteiger partial charge in [-0.3, -0.25) is 0 Å². The number of halogens is 3. The van der Waals surface area contributed by atoms with Gasteiger partial charge in [-0.2, -0.15) is 0 Å². The molecule has 1 unspecified atom stereocenters. The Labute approximate surface area is 136 Å². The van der Waals surface area contributed by atoms with Crippen molar-refractivity contribution in [1.29, 1.82) is 0 Å². The predicted molar refractivity (Wildman–Crippen MR) is 88.3 cm³/mol. The lowest BCUT2D eigenvalue weighted by molar-refractivity contribution is 0.585. The van der Waals surface area contributed by atoms with Crippen LogP contribution in [0.3, 0.4) is 0 Å². The Morgan fingerprint density at radius 1 is 1.45 bits per heavy atom. The molecule has 20 heavy (non-hydrogen) atoms. The second kappa shape index (κ2) is 7.03. The number of benzene rings is 1. The highest BCUT2D eigenvalue weighted by molar-refractivity contribution is 9.10. The molecule has 1 nitrogen and oxygen atoms in total. The van der Waals surface area contributed by atoms with Crippen molar-refractivity contribution < 1.29 is 4.39 Å². The van der Waals surface area contributed by atoms with Crippen LogP contribution in [0, 0.1) is 12.7 Å². The van der Waals surface area contributed by atoms with Gasteiger partial charge < -0.3 is 5.32 Å². The lowest BCUT2D eigenvalue weighted by atomic mass is 10.0. The second-order valence-electron chi connectivity index (χ2n) is 4.64. The molecule has 0 aliphatic rings. The quantitative estimate of drug-likeness (QED) is 0.705. The maximum atomic E-state index is 13.8. The Balaban J connectivity index is 2.44. The highest BCUT2D eigenvalue weighted by atomic mass is 79.9. The maximum Gasteiger partial charge on any atom is 0.137 e. The molecule has 1 aromatic heterocycles. The monoisotopic (exact) mass is 375 g/mol. The van der Waals surface area contributed by atoms with E-state index in [0.29, 0.717) is 4.47 Å². The summed E-state index contributed by atoms with van der Waals surface area (Å²) in [7, 11) is 0. The molecular formula is C15H16BrClFNS. The summed E-state index contributed by atoms with van der Waals surface area (Å²) in [6.07, 6.45) is 1.02. The molecule has 0 bridgehead atoms. The highest BCUT2D eigenvalue weighted by Gasteiger charge is 2.20. The molecule has 2 aromatic rings. The predicted octanol–water partition coefficient (Wildman–Crippen LogP) is 5.70. The van der Waals surface area contributed by atoms with Crippen LogP contribution in [0.4, 0.5) is 4.39 Å². The molecule has 0 amide bonds. The lowest BCUT2D eigenvalue weighted by Crippen LogP contribution is -2.23. The van der Waals surface area contributed by atoms with E-state index < -0.39 is 0 Å². The molecule has 0 spiro atoms. The summed E-state index contributed by atoms with van der Waals surface area (Å²) in [6, 6.07) is 7.15. The van der Waals surface area contributed by atoms with E-state index in [0.717, 1.165) is 33.3 Å². The molecule has 0 saturated heterocycles. The Bertz CT molecular complexity index is 580. The number of nitrogens with one attached hydrogen (secondary N) is 1. The standard InChI is InChI=1S/C15H16BrClFNS/c1-3-7-19-14(12-8-9(2)15(17)20-12)10-5-4-6-11(18)13(10)16/h4-6,8,14,19H,3,7H2,1-2H3. The molecule has 108 valence electrons. The summed E-state index contributed by atoms with van der Waals surface area (Å²) in [6.45, 7) is 4.96. The Hall–Kier alpha value is -0.420. The molecule has 2 rings (SSSR count). The van der Waals surface area contributed by atoms with Gasteiger partial charge in [0, 0.05) is 4.88 Å². The average Bonchev–Trinajstić information content (AvgIpc) is 2.74. The summed E-state index contributed by atoms with van der Waals surface area (Å²) in [5.74, 6) is -0.245. The molecule has 0 aliphatic carbocycles. The van der Waals surface area contributed by atoms with Crippen LogP contribution >= 0.6 is 38.9 Å². The largest absolute Gasteiger partial charge is 0.306 e. The van der Waals surface area contributed by atoms with Crippen LogP contribution in [0.25, 0.3) is 0 Å². The van der Waals surface area contributed by atoms with E-state index >= 15 is 0 Å². The van der Waals surface area contributed by atoms with E-state index in [-0.39, 0.29) is 11.9 Å². The fourth-order valence-electron chi connectivity index (χ4n) is 2.02. The van der Waals surface area contributed by atoms with Gasteiger partial charge in [0.05, 0.1) is 14.9 Å². The van der Waals surface area contributed by atoms with Gasteiger partial charge in [-0.1, -0.05) is 30.7 Å². The second-order valence-corrected chi connectivity index (χ2v) is 7.11. The SMILES string of the molecule is CCCNC(c1cc(C)c(Cl)s1)c1cccc(F)c1Br. The number of thiophene rings is 1. The van der Waals surface area contributed by atoms with E-state index in [1.165, 1.54) is 6.07 Å². The Morgan fingerprint density at radius 3 is 2.80 bits per heavy atom.